The van der Waals surface area contributed by atoms with E-state index in [1.807, 2.05) is 0 Å². The van der Waals surface area contributed by atoms with E-state index in [-0.39, 0.29) is 11.6 Å². The standard InChI is InChI=1S/C6H6N2O.H3N.H2O/c7-6(9)5-2-1-3-8-4-5;;/h1-4H,(H2,7,9);1H3;1H2. The van der Waals surface area contributed by atoms with Crippen molar-refractivity contribution < 1.29 is 10.3 Å². The maximum Gasteiger partial charge on any atom is 0.250 e. The van der Waals surface area contributed by atoms with Crippen molar-refractivity contribution in [2.75, 3.05) is 0 Å². The van der Waals surface area contributed by atoms with E-state index in [4.69, 9.17) is 5.73 Å². The average molecular weight is 157 g/mol. The number of pyridine rings is 1. The van der Waals surface area contributed by atoms with Crippen LogP contribution in [0.25, 0.3) is 0 Å². The highest BCUT2D eigenvalue weighted by Crippen LogP contribution is 1.91. The zero-order valence-corrected chi connectivity index (χ0v) is 5.95. The van der Waals surface area contributed by atoms with Gasteiger partial charge in [-0.25, -0.2) is 0 Å². The van der Waals surface area contributed by atoms with Gasteiger partial charge < -0.3 is 17.4 Å². The van der Waals surface area contributed by atoms with Gasteiger partial charge in [-0.3, -0.25) is 9.78 Å². The summed E-state index contributed by atoms with van der Waals surface area (Å²) in [5, 5.41) is 0. The first-order chi connectivity index (χ1) is 4.30. The van der Waals surface area contributed by atoms with Crippen LogP contribution in [-0.2, 0) is 0 Å². The highest BCUT2D eigenvalue weighted by atomic mass is 16.1. The number of aromatic nitrogens is 1. The van der Waals surface area contributed by atoms with Crippen LogP contribution < -0.4 is 11.9 Å². The molecular weight excluding hydrogens is 146 g/mol. The second-order valence-electron chi connectivity index (χ2n) is 1.61. The third-order valence-corrected chi connectivity index (χ3v) is 0.946. The first-order valence-corrected chi connectivity index (χ1v) is 2.50. The Morgan fingerprint density at radius 3 is 2.45 bits per heavy atom. The number of rotatable bonds is 1. The van der Waals surface area contributed by atoms with Gasteiger partial charge in [-0.1, -0.05) is 0 Å². The van der Waals surface area contributed by atoms with E-state index in [1.54, 1.807) is 18.3 Å². The van der Waals surface area contributed by atoms with E-state index in [2.05, 4.69) is 4.98 Å². The average Bonchev–Trinajstić information content (AvgIpc) is 1.90. The molecule has 0 saturated carbocycles. The van der Waals surface area contributed by atoms with Crippen molar-refractivity contribution in [1.82, 2.24) is 11.1 Å². The van der Waals surface area contributed by atoms with Crippen LogP contribution in [0.3, 0.4) is 0 Å². The molecule has 0 spiro atoms. The quantitative estimate of drug-likeness (QED) is 0.572. The second kappa shape index (κ2) is 5.33. The molecule has 0 saturated heterocycles. The Morgan fingerprint density at radius 2 is 2.18 bits per heavy atom. The summed E-state index contributed by atoms with van der Waals surface area (Å²) >= 11 is 0. The number of nitrogens with two attached hydrogens (primary N) is 1. The number of amides is 1. The summed E-state index contributed by atoms with van der Waals surface area (Å²) in [4.78, 5) is 14.1. The first-order valence-electron chi connectivity index (χ1n) is 2.50. The molecule has 0 bridgehead atoms. The molecule has 1 aromatic rings. The number of hydrogen-bond donors (Lipinski definition) is 2. The van der Waals surface area contributed by atoms with Crippen molar-refractivity contribution in [2.45, 2.75) is 0 Å². The Balaban J connectivity index is 0. The van der Waals surface area contributed by atoms with Gasteiger partial charge in [0.25, 0.3) is 0 Å². The molecule has 7 N–H and O–H groups in total. The molecule has 1 rings (SSSR count). The van der Waals surface area contributed by atoms with Gasteiger partial charge in [0.15, 0.2) is 0 Å². The molecule has 0 aliphatic carbocycles. The van der Waals surface area contributed by atoms with Crippen molar-refractivity contribution >= 4 is 5.91 Å². The van der Waals surface area contributed by atoms with Gasteiger partial charge in [-0.05, 0) is 12.1 Å². The lowest BCUT2D eigenvalue weighted by atomic mass is 10.3. The third-order valence-electron chi connectivity index (χ3n) is 0.946. The van der Waals surface area contributed by atoms with Gasteiger partial charge in [0, 0.05) is 12.4 Å². The SMILES string of the molecule is N.NC(=O)c1cccnc1.O. The van der Waals surface area contributed by atoms with Gasteiger partial charge >= 0.3 is 0 Å². The third kappa shape index (κ3) is 3.29. The van der Waals surface area contributed by atoms with Crippen LogP contribution in [0.4, 0.5) is 0 Å². The second-order valence-corrected chi connectivity index (χ2v) is 1.61. The summed E-state index contributed by atoms with van der Waals surface area (Å²) in [7, 11) is 0. The Labute approximate surface area is 64.1 Å². The highest BCUT2D eigenvalue weighted by Gasteiger charge is 1.94. The minimum absolute atomic E-state index is 0. The highest BCUT2D eigenvalue weighted by molar-refractivity contribution is 5.92. The smallest absolute Gasteiger partial charge is 0.250 e. The molecule has 1 amide bonds. The van der Waals surface area contributed by atoms with E-state index in [1.165, 1.54) is 6.20 Å². The lowest BCUT2D eigenvalue weighted by Gasteiger charge is -1.88. The zero-order chi connectivity index (χ0) is 6.69. The van der Waals surface area contributed by atoms with Gasteiger partial charge in [0.05, 0.1) is 5.56 Å². The summed E-state index contributed by atoms with van der Waals surface area (Å²) in [6.45, 7) is 0. The van der Waals surface area contributed by atoms with Gasteiger partial charge in [0.1, 0.15) is 0 Å². The molecule has 11 heavy (non-hydrogen) atoms. The monoisotopic (exact) mass is 157 g/mol. The van der Waals surface area contributed by atoms with Crippen LogP contribution in [0.2, 0.25) is 0 Å². The Bertz CT molecular complexity index is 212. The predicted octanol–water partition coefficient (Wildman–Crippen LogP) is -0.482. The number of primary amides is 1. The molecule has 0 atom stereocenters. The molecule has 62 valence electrons. The molecule has 0 radical (unpaired) electrons. The normalized spacial score (nSPS) is 7.27. The first kappa shape index (κ1) is 12.2. The summed E-state index contributed by atoms with van der Waals surface area (Å²) < 4.78 is 0. The fourth-order valence-electron chi connectivity index (χ4n) is 0.509. The van der Waals surface area contributed by atoms with E-state index in [0.29, 0.717) is 5.56 Å². The molecule has 0 unspecified atom stereocenters. The van der Waals surface area contributed by atoms with Crippen LogP contribution in [0.15, 0.2) is 24.5 Å². The lowest BCUT2D eigenvalue weighted by Crippen LogP contribution is -2.10. The van der Waals surface area contributed by atoms with E-state index in [0.717, 1.165) is 0 Å². The Kier molecular flexibility index (Phi) is 5.94. The molecule has 1 heterocycles. The van der Waals surface area contributed by atoms with Crippen LogP contribution in [0.1, 0.15) is 10.4 Å². The topological polar surface area (TPSA) is 122 Å². The van der Waals surface area contributed by atoms with E-state index < -0.39 is 5.91 Å². The summed E-state index contributed by atoms with van der Waals surface area (Å²) in [6.07, 6.45) is 3.02. The number of hydrogen-bond acceptors (Lipinski definition) is 3. The van der Waals surface area contributed by atoms with Crippen molar-refractivity contribution in [2.24, 2.45) is 5.73 Å². The van der Waals surface area contributed by atoms with E-state index >= 15 is 0 Å². The van der Waals surface area contributed by atoms with Crippen molar-refractivity contribution in [3.05, 3.63) is 30.1 Å². The van der Waals surface area contributed by atoms with Crippen LogP contribution >= 0.6 is 0 Å². The summed E-state index contributed by atoms with van der Waals surface area (Å²) in [5.74, 6) is -0.442. The van der Waals surface area contributed by atoms with Gasteiger partial charge in [-0.2, -0.15) is 0 Å². The van der Waals surface area contributed by atoms with Crippen LogP contribution in [0, 0.1) is 0 Å². The summed E-state index contributed by atoms with van der Waals surface area (Å²) in [6, 6.07) is 3.29. The molecule has 0 aliphatic rings. The molecule has 0 aromatic carbocycles. The maximum atomic E-state index is 10.4. The Hall–Kier alpha value is -1.46. The fourth-order valence-corrected chi connectivity index (χ4v) is 0.509. The molecule has 0 fully saturated rings. The Morgan fingerprint density at radius 1 is 1.55 bits per heavy atom. The van der Waals surface area contributed by atoms with Crippen LogP contribution in [-0.4, -0.2) is 16.4 Å². The van der Waals surface area contributed by atoms with Crippen molar-refractivity contribution in [3.63, 3.8) is 0 Å². The lowest BCUT2D eigenvalue weighted by molar-refractivity contribution is 0.1000. The fraction of sp³-hybridized carbons (Fsp3) is 0. The minimum atomic E-state index is -0.442. The molecule has 1 aromatic heterocycles. The van der Waals surface area contributed by atoms with Gasteiger partial charge in [0.2, 0.25) is 5.91 Å². The molecule has 0 aliphatic heterocycles. The number of carbonyl (C=O) groups excluding carboxylic acids is 1. The van der Waals surface area contributed by atoms with E-state index in [9.17, 15) is 4.79 Å². The zero-order valence-electron chi connectivity index (χ0n) is 5.95. The van der Waals surface area contributed by atoms with Gasteiger partial charge in [-0.15, -0.1) is 0 Å². The van der Waals surface area contributed by atoms with Crippen molar-refractivity contribution in [1.29, 1.82) is 0 Å². The summed E-state index contributed by atoms with van der Waals surface area (Å²) in [5.41, 5.74) is 5.38. The minimum Gasteiger partial charge on any atom is -0.412 e. The molecule has 5 nitrogen and oxygen atoms in total. The maximum absolute atomic E-state index is 10.4. The largest absolute Gasteiger partial charge is 0.412 e. The predicted molar refractivity (Wildman–Crippen MR) is 41.4 cm³/mol. The number of carbonyl (C=O) groups is 1. The van der Waals surface area contributed by atoms with Crippen molar-refractivity contribution in [3.8, 4) is 0 Å². The number of nitrogens with zero attached hydrogens (tertiary/aromatic N) is 1. The molecular formula is C6H11N3O2. The molecule has 5 heteroatoms. The van der Waals surface area contributed by atoms with Crippen LogP contribution in [0.5, 0.6) is 0 Å².